The molecule has 5 heteroatoms. The van der Waals surface area contributed by atoms with Crippen LogP contribution in [0.15, 0.2) is 48.5 Å². The second kappa shape index (κ2) is 5.22. The molecule has 0 atom stereocenters. The third-order valence-electron chi connectivity index (χ3n) is 2.06. The Morgan fingerprint density at radius 3 is 2.47 bits per heavy atom. The van der Waals surface area contributed by atoms with E-state index in [1.807, 2.05) is 30.3 Å². The van der Waals surface area contributed by atoms with Crippen molar-refractivity contribution >= 4 is 5.69 Å². The molecule has 86 valence electrons. The number of rotatable bonds is 3. The van der Waals surface area contributed by atoms with Gasteiger partial charge in [-0.1, -0.05) is 18.2 Å². The fourth-order valence-corrected chi connectivity index (χ4v) is 3.62. The van der Waals surface area contributed by atoms with Crippen LogP contribution in [-0.2, 0) is 0 Å². The predicted molar refractivity (Wildman–Crippen MR) is 56.9 cm³/mol. The van der Waals surface area contributed by atoms with E-state index < -0.39 is 26.1 Å². The van der Waals surface area contributed by atoms with E-state index in [4.69, 9.17) is 0 Å². The zero-order valence-corrected chi connectivity index (χ0v) is 10.8. The van der Waals surface area contributed by atoms with E-state index in [0.29, 0.717) is 3.57 Å². The fraction of sp³-hybridized carbons (Fsp3) is 0. The van der Waals surface area contributed by atoms with Gasteiger partial charge in [-0.2, -0.15) is 0 Å². The van der Waals surface area contributed by atoms with Gasteiger partial charge in [-0.15, -0.1) is 0 Å². The van der Waals surface area contributed by atoms with E-state index in [1.54, 1.807) is 0 Å². The highest BCUT2D eigenvalue weighted by Gasteiger charge is 2.23. The lowest BCUT2D eigenvalue weighted by molar-refractivity contribution is -0.600. The Kier molecular flexibility index (Phi) is 3.68. The molecule has 2 aromatic rings. The number of halogens is 2. The molecule has 0 saturated carbocycles. The second-order valence-corrected chi connectivity index (χ2v) is 6.19. The van der Waals surface area contributed by atoms with E-state index >= 15 is 0 Å². The summed E-state index contributed by atoms with van der Waals surface area (Å²) in [6, 6.07) is 13.1. The van der Waals surface area contributed by atoms with Gasteiger partial charge in [0.05, 0.1) is 11.0 Å². The third-order valence-corrected chi connectivity index (χ3v) is 4.81. The van der Waals surface area contributed by atoms with Crippen molar-refractivity contribution in [3.63, 3.8) is 0 Å². The summed E-state index contributed by atoms with van der Waals surface area (Å²) in [5, 5.41) is 10.6. The number of nitro benzene ring substituents is 1. The molecule has 0 radical (unpaired) electrons. The van der Waals surface area contributed by atoms with Crippen LogP contribution in [0, 0.1) is 23.1 Å². The predicted octanol–water partition coefficient (Wildman–Crippen LogP) is -0.138. The van der Waals surface area contributed by atoms with E-state index in [0.717, 1.165) is 9.64 Å². The highest BCUT2D eigenvalue weighted by atomic mass is 127. The van der Waals surface area contributed by atoms with Crippen LogP contribution >= 0.6 is 0 Å². The summed E-state index contributed by atoms with van der Waals surface area (Å²) in [5.74, 6) is -0.368. The molecule has 0 aliphatic carbocycles. The first-order chi connectivity index (χ1) is 8.16. The average Bonchev–Trinajstić information content (AvgIpc) is 2.33. The summed E-state index contributed by atoms with van der Waals surface area (Å²) >= 11 is -0.715. The minimum Gasteiger partial charge on any atom is -0.258 e. The molecular formula is C12H8FINO2+. The van der Waals surface area contributed by atoms with E-state index in [1.165, 1.54) is 12.1 Å². The molecule has 17 heavy (non-hydrogen) atoms. The Balaban J connectivity index is 2.32. The lowest BCUT2D eigenvalue weighted by atomic mass is 10.3. The maximum atomic E-state index is 13.5. The molecule has 0 saturated heterocycles. The van der Waals surface area contributed by atoms with Gasteiger partial charge in [0.1, 0.15) is 0 Å². The normalized spacial score (nSPS) is 10.2. The monoisotopic (exact) mass is 344 g/mol. The van der Waals surface area contributed by atoms with Gasteiger partial charge in [-0.05, 0) is 18.2 Å². The van der Waals surface area contributed by atoms with Gasteiger partial charge < -0.3 is 0 Å². The van der Waals surface area contributed by atoms with Gasteiger partial charge in [-0.3, -0.25) is 10.1 Å². The van der Waals surface area contributed by atoms with Gasteiger partial charge in [0, 0.05) is 6.07 Å². The first kappa shape index (κ1) is 12.0. The minimum atomic E-state index is -0.715. The van der Waals surface area contributed by atoms with Crippen LogP contribution in [0.2, 0.25) is 0 Å². The van der Waals surface area contributed by atoms with Crippen molar-refractivity contribution in [2.75, 3.05) is 0 Å². The molecule has 2 rings (SSSR count). The van der Waals surface area contributed by atoms with Gasteiger partial charge in [0.25, 0.3) is 5.69 Å². The zero-order valence-electron chi connectivity index (χ0n) is 8.64. The third kappa shape index (κ3) is 3.00. The SMILES string of the molecule is O=[N+]([O-])c1ccc(F)c([I+]c2ccccc2)c1. The molecule has 0 unspecified atom stereocenters. The van der Waals surface area contributed by atoms with E-state index in [9.17, 15) is 14.5 Å². The first-order valence-corrected chi connectivity index (χ1v) is 6.96. The van der Waals surface area contributed by atoms with E-state index in [-0.39, 0.29) is 11.5 Å². The molecule has 0 spiro atoms. The summed E-state index contributed by atoms with van der Waals surface area (Å²) in [5.41, 5.74) is -0.0583. The number of nitro groups is 1. The maximum absolute atomic E-state index is 13.5. The van der Waals surface area contributed by atoms with Crippen molar-refractivity contribution in [3.05, 3.63) is 71.6 Å². The Morgan fingerprint density at radius 1 is 1.12 bits per heavy atom. The Hall–Kier alpha value is -1.50. The van der Waals surface area contributed by atoms with Gasteiger partial charge in [-0.25, -0.2) is 4.39 Å². The number of hydrogen-bond donors (Lipinski definition) is 0. The second-order valence-electron chi connectivity index (χ2n) is 3.25. The van der Waals surface area contributed by atoms with Gasteiger partial charge >= 0.3 is 21.2 Å². The highest BCUT2D eigenvalue weighted by molar-refractivity contribution is 5.28. The van der Waals surface area contributed by atoms with Crippen LogP contribution < -0.4 is 21.2 Å². The van der Waals surface area contributed by atoms with Crippen LogP contribution in [0.3, 0.4) is 0 Å². The standard InChI is InChI=1S/C12H8FINO2/c13-11-7-6-10(15(16)17)8-12(11)14-9-4-2-1-3-5-9/h1-8H/q+1. The van der Waals surface area contributed by atoms with Crippen molar-refractivity contribution in [2.24, 2.45) is 0 Å². The smallest absolute Gasteiger partial charge is 0.258 e. The van der Waals surface area contributed by atoms with Crippen LogP contribution in [0.4, 0.5) is 10.1 Å². The molecule has 3 nitrogen and oxygen atoms in total. The van der Waals surface area contributed by atoms with Crippen LogP contribution in [-0.4, -0.2) is 4.92 Å². The van der Waals surface area contributed by atoms with Crippen LogP contribution in [0.5, 0.6) is 0 Å². The van der Waals surface area contributed by atoms with Crippen molar-refractivity contribution in [1.29, 1.82) is 0 Å². The Morgan fingerprint density at radius 2 is 1.82 bits per heavy atom. The molecule has 0 amide bonds. The molecule has 2 aromatic carbocycles. The molecule has 0 aliphatic heterocycles. The summed E-state index contributed by atoms with van der Waals surface area (Å²) in [6.45, 7) is 0. The van der Waals surface area contributed by atoms with Crippen molar-refractivity contribution in [1.82, 2.24) is 0 Å². The molecule has 0 aromatic heterocycles. The molecule has 0 fully saturated rings. The lowest BCUT2D eigenvalue weighted by Gasteiger charge is -1.91. The number of non-ortho nitro benzene ring substituents is 1. The fourth-order valence-electron chi connectivity index (χ4n) is 1.27. The van der Waals surface area contributed by atoms with Crippen LogP contribution in [0.1, 0.15) is 0 Å². The summed E-state index contributed by atoms with van der Waals surface area (Å²) < 4.78 is 15.0. The number of nitrogens with zero attached hydrogens (tertiary/aromatic N) is 1. The highest BCUT2D eigenvalue weighted by Crippen LogP contribution is 2.10. The molecule has 0 heterocycles. The first-order valence-electron chi connectivity index (χ1n) is 4.80. The largest absolute Gasteiger partial charge is 0.361 e. The van der Waals surface area contributed by atoms with Crippen LogP contribution in [0.25, 0.3) is 0 Å². The summed E-state index contributed by atoms with van der Waals surface area (Å²) in [4.78, 5) is 10.1. The van der Waals surface area contributed by atoms with Gasteiger partial charge in [0.2, 0.25) is 3.57 Å². The Labute approximate surface area is 108 Å². The van der Waals surface area contributed by atoms with Gasteiger partial charge in [0.15, 0.2) is 9.39 Å². The summed E-state index contributed by atoms with van der Waals surface area (Å²) in [6.07, 6.45) is 0. The quantitative estimate of drug-likeness (QED) is 0.442. The van der Waals surface area contributed by atoms with E-state index in [2.05, 4.69) is 0 Å². The topological polar surface area (TPSA) is 43.1 Å². The Bertz CT molecular complexity index is 545. The van der Waals surface area contributed by atoms with Crippen molar-refractivity contribution in [3.8, 4) is 0 Å². The number of hydrogen-bond acceptors (Lipinski definition) is 2. The molecule has 0 aliphatic rings. The van der Waals surface area contributed by atoms with Crippen molar-refractivity contribution in [2.45, 2.75) is 0 Å². The summed E-state index contributed by atoms with van der Waals surface area (Å²) in [7, 11) is 0. The van der Waals surface area contributed by atoms with Crippen molar-refractivity contribution < 1.29 is 30.5 Å². The molecular weight excluding hydrogens is 336 g/mol. The molecule has 0 bridgehead atoms. The lowest BCUT2D eigenvalue weighted by Crippen LogP contribution is -3.61. The zero-order chi connectivity index (χ0) is 12.3. The minimum absolute atomic E-state index is 0.0583. The number of benzene rings is 2. The maximum Gasteiger partial charge on any atom is 0.361 e. The molecule has 0 N–H and O–H groups in total. The average molecular weight is 344 g/mol.